The van der Waals surface area contributed by atoms with E-state index in [4.69, 9.17) is 5.73 Å². The number of hydrogen-bond acceptors (Lipinski definition) is 5. The zero-order valence-electron chi connectivity index (χ0n) is 9.33. The Hall–Kier alpha value is -1.61. The minimum Gasteiger partial charge on any atom is -0.399 e. The SMILES string of the molecule is Cn1nnc(Br)c1S(=O)(=O)Nc1ccc(N)cc1. The molecule has 2 rings (SSSR count). The number of sulfonamides is 1. The molecule has 0 saturated carbocycles. The summed E-state index contributed by atoms with van der Waals surface area (Å²) in [6.07, 6.45) is 0. The molecule has 3 N–H and O–H groups in total. The average Bonchev–Trinajstić information content (AvgIpc) is 2.62. The van der Waals surface area contributed by atoms with Crippen LogP contribution in [0.2, 0.25) is 0 Å². The molecule has 1 heterocycles. The van der Waals surface area contributed by atoms with Crippen LogP contribution in [0.5, 0.6) is 0 Å². The molecule has 7 nitrogen and oxygen atoms in total. The van der Waals surface area contributed by atoms with Crippen LogP contribution in [0.25, 0.3) is 0 Å². The predicted molar refractivity (Wildman–Crippen MR) is 70.4 cm³/mol. The second-order valence-electron chi connectivity index (χ2n) is 3.54. The number of rotatable bonds is 3. The molecular weight excluding hydrogens is 322 g/mol. The lowest BCUT2D eigenvalue weighted by molar-refractivity contribution is 0.578. The Morgan fingerprint density at radius 2 is 1.94 bits per heavy atom. The number of halogens is 1. The van der Waals surface area contributed by atoms with Crippen LogP contribution in [-0.4, -0.2) is 23.4 Å². The molecule has 0 bridgehead atoms. The summed E-state index contributed by atoms with van der Waals surface area (Å²) in [6.45, 7) is 0. The highest BCUT2D eigenvalue weighted by atomic mass is 79.9. The number of benzene rings is 1. The maximum atomic E-state index is 12.1. The van der Waals surface area contributed by atoms with Gasteiger partial charge in [-0.25, -0.2) is 4.68 Å². The summed E-state index contributed by atoms with van der Waals surface area (Å²) in [5.74, 6) is 0. The quantitative estimate of drug-likeness (QED) is 0.815. The van der Waals surface area contributed by atoms with E-state index in [-0.39, 0.29) is 9.63 Å². The smallest absolute Gasteiger partial charge is 0.281 e. The predicted octanol–water partition coefficient (Wildman–Crippen LogP) is 0.961. The van der Waals surface area contributed by atoms with Gasteiger partial charge in [0.15, 0.2) is 4.60 Å². The third-order valence-corrected chi connectivity index (χ3v) is 4.42. The van der Waals surface area contributed by atoms with E-state index in [1.54, 1.807) is 24.3 Å². The van der Waals surface area contributed by atoms with Gasteiger partial charge in [0.1, 0.15) is 0 Å². The molecule has 18 heavy (non-hydrogen) atoms. The Labute approximate surface area is 112 Å². The van der Waals surface area contributed by atoms with Gasteiger partial charge in [-0.15, -0.1) is 5.10 Å². The fraction of sp³-hybridized carbons (Fsp3) is 0.111. The third-order valence-electron chi connectivity index (χ3n) is 2.15. The lowest BCUT2D eigenvalue weighted by atomic mass is 10.3. The molecule has 0 spiro atoms. The molecule has 0 fully saturated rings. The monoisotopic (exact) mass is 331 g/mol. The number of nitrogens with zero attached hydrogens (tertiary/aromatic N) is 3. The third kappa shape index (κ3) is 2.46. The molecule has 0 amide bonds. The van der Waals surface area contributed by atoms with E-state index in [9.17, 15) is 8.42 Å². The van der Waals surface area contributed by atoms with E-state index in [0.717, 1.165) is 0 Å². The maximum absolute atomic E-state index is 12.1. The van der Waals surface area contributed by atoms with Crippen LogP contribution in [0.3, 0.4) is 0 Å². The topological polar surface area (TPSA) is 103 Å². The fourth-order valence-corrected chi connectivity index (χ4v) is 3.52. The van der Waals surface area contributed by atoms with E-state index >= 15 is 0 Å². The molecule has 2 aromatic rings. The molecule has 9 heteroatoms. The fourth-order valence-electron chi connectivity index (χ4n) is 1.36. The van der Waals surface area contributed by atoms with Crippen molar-refractivity contribution in [2.24, 2.45) is 7.05 Å². The van der Waals surface area contributed by atoms with E-state index in [1.165, 1.54) is 11.7 Å². The van der Waals surface area contributed by atoms with Crippen LogP contribution < -0.4 is 10.5 Å². The van der Waals surface area contributed by atoms with Crippen LogP contribution in [0.15, 0.2) is 33.9 Å². The van der Waals surface area contributed by atoms with Gasteiger partial charge in [-0.3, -0.25) is 4.72 Å². The Morgan fingerprint density at radius 3 is 2.44 bits per heavy atom. The normalized spacial score (nSPS) is 11.4. The molecule has 1 aromatic carbocycles. The van der Waals surface area contributed by atoms with Crippen LogP contribution in [-0.2, 0) is 17.1 Å². The summed E-state index contributed by atoms with van der Waals surface area (Å²) in [6, 6.07) is 6.36. The summed E-state index contributed by atoms with van der Waals surface area (Å²) in [5, 5.41) is 7.21. The van der Waals surface area contributed by atoms with Gasteiger partial charge < -0.3 is 5.73 Å². The number of aromatic nitrogens is 3. The Kier molecular flexibility index (Phi) is 3.26. The minimum absolute atomic E-state index is 0.0423. The van der Waals surface area contributed by atoms with Gasteiger partial charge in [0.25, 0.3) is 10.0 Å². The van der Waals surface area contributed by atoms with Crippen molar-refractivity contribution in [3.63, 3.8) is 0 Å². The van der Waals surface area contributed by atoms with Gasteiger partial charge in [-0.2, -0.15) is 8.42 Å². The zero-order chi connectivity index (χ0) is 13.3. The highest BCUT2D eigenvalue weighted by Gasteiger charge is 2.23. The van der Waals surface area contributed by atoms with Crippen molar-refractivity contribution in [3.05, 3.63) is 28.9 Å². The van der Waals surface area contributed by atoms with E-state index in [0.29, 0.717) is 11.4 Å². The molecule has 0 unspecified atom stereocenters. The van der Waals surface area contributed by atoms with E-state index < -0.39 is 10.0 Å². The lowest BCUT2D eigenvalue weighted by Crippen LogP contribution is -2.17. The summed E-state index contributed by atoms with van der Waals surface area (Å²) >= 11 is 3.04. The van der Waals surface area contributed by atoms with Crippen molar-refractivity contribution in [1.29, 1.82) is 0 Å². The van der Waals surface area contributed by atoms with Crippen LogP contribution in [0.4, 0.5) is 11.4 Å². The number of aryl methyl sites for hydroxylation is 1. The van der Waals surface area contributed by atoms with Crippen LogP contribution in [0.1, 0.15) is 0 Å². The second kappa shape index (κ2) is 4.58. The standard InChI is InChI=1S/C9H10BrN5O2S/c1-15-9(8(10)12-14-15)18(16,17)13-7-4-2-6(11)3-5-7/h2-5,13H,11H2,1H3. The van der Waals surface area contributed by atoms with Crippen LogP contribution >= 0.6 is 15.9 Å². The molecule has 0 saturated heterocycles. The number of nitrogen functional groups attached to an aromatic ring is 1. The molecule has 0 aliphatic carbocycles. The first kappa shape index (κ1) is 12.8. The molecule has 0 aliphatic rings. The molecule has 1 aromatic heterocycles. The lowest BCUT2D eigenvalue weighted by Gasteiger charge is -2.08. The molecule has 0 aliphatic heterocycles. The number of nitrogens with two attached hydrogens (primary N) is 1. The number of hydrogen-bond donors (Lipinski definition) is 2. The summed E-state index contributed by atoms with van der Waals surface area (Å²) in [4.78, 5) is 0. The van der Waals surface area contributed by atoms with Crippen molar-refractivity contribution in [2.75, 3.05) is 10.5 Å². The van der Waals surface area contributed by atoms with Gasteiger partial charge in [0.05, 0.1) is 0 Å². The molecule has 96 valence electrons. The largest absolute Gasteiger partial charge is 0.399 e. The highest BCUT2D eigenvalue weighted by Crippen LogP contribution is 2.21. The van der Waals surface area contributed by atoms with Crippen molar-refractivity contribution in [3.8, 4) is 0 Å². The van der Waals surface area contributed by atoms with Gasteiger partial charge in [-0.1, -0.05) is 5.21 Å². The zero-order valence-corrected chi connectivity index (χ0v) is 11.7. The molecule has 0 radical (unpaired) electrons. The molecule has 0 atom stereocenters. The van der Waals surface area contributed by atoms with Crippen molar-refractivity contribution in [1.82, 2.24) is 15.0 Å². The summed E-state index contributed by atoms with van der Waals surface area (Å²) in [5.41, 5.74) is 6.50. The summed E-state index contributed by atoms with van der Waals surface area (Å²) < 4.78 is 28.0. The van der Waals surface area contributed by atoms with Gasteiger partial charge >= 0.3 is 0 Å². The first-order valence-electron chi connectivity index (χ1n) is 4.84. The second-order valence-corrected chi connectivity index (χ2v) is 5.89. The Bertz CT molecular complexity index is 645. The van der Waals surface area contributed by atoms with Crippen molar-refractivity contribution >= 4 is 37.3 Å². The van der Waals surface area contributed by atoms with Crippen molar-refractivity contribution < 1.29 is 8.42 Å². The van der Waals surface area contributed by atoms with Crippen LogP contribution in [0, 0.1) is 0 Å². The van der Waals surface area contributed by atoms with Gasteiger partial charge in [0.2, 0.25) is 5.03 Å². The first-order valence-corrected chi connectivity index (χ1v) is 7.11. The van der Waals surface area contributed by atoms with E-state index in [2.05, 4.69) is 31.0 Å². The minimum atomic E-state index is -3.74. The van der Waals surface area contributed by atoms with Gasteiger partial charge in [-0.05, 0) is 40.2 Å². The summed E-state index contributed by atoms with van der Waals surface area (Å²) in [7, 11) is -2.25. The van der Waals surface area contributed by atoms with Crippen molar-refractivity contribution in [2.45, 2.75) is 5.03 Å². The first-order chi connectivity index (χ1) is 8.40. The van der Waals surface area contributed by atoms with Gasteiger partial charge in [0, 0.05) is 18.4 Å². The Morgan fingerprint density at radius 1 is 1.33 bits per heavy atom. The van der Waals surface area contributed by atoms with E-state index in [1.807, 2.05) is 0 Å². The maximum Gasteiger partial charge on any atom is 0.281 e. The number of anilines is 2. The number of nitrogens with one attached hydrogen (secondary N) is 1. The highest BCUT2D eigenvalue weighted by molar-refractivity contribution is 9.10. The Balaban J connectivity index is 2.36. The molecular formula is C9H10BrN5O2S. The average molecular weight is 332 g/mol.